The average molecular weight is 203 g/mol. The second-order valence-corrected chi connectivity index (χ2v) is 2.79. The molecule has 0 aromatic heterocycles. The van der Waals surface area contributed by atoms with E-state index in [9.17, 15) is 13.2 Å². The first-order valence-electron chi connectivity index (χ1n) is 4.21. The molecule has 0 aliphatic heterocycles. The van der Waals surface area contributed by atoms with Crippen LogP contribution in [-0.4, -0.2) is 12.8 Å². The molecule has 4 heteroatoms. The van der Waals surface area contributed by atoms with Gasteiger partial charge in [-0.25, -0.2) is 0 Å². The monoisotopic (exact) mass is 203 g/mol. The normalized spacial score (nSPS) is 11.4. The molecule has 0 saturated heterocycles. The summed E-state index contributed by atoms with van der Waals surface area (Å²) in [5, 5.41) is 0. The first-order valence-corrected chi connectivity index (χ1v) is 4.21. The molecule has 1 radical (unpaired) electrons. The van der Waals surface area contributed by atoms with Crippen molar-refractivity contribution >= 4 is 0 Å². The molecule has 0 aliphatic carbocycles. The van der Waals surface area contributed by atoms with E-state index in [-0.39, 0.29) is 5.75 Å². The van der Waals surface area contributed by atoms with Gasteiger partial charge in [-0.2, -0.15) is 13.2 Å². The molecular formula is C10H10F3O. The van der Waals surface area contributed by atoms with Crippen LogP contribution in [0.2, 0.25) is 0 Å². The molecule has 77 valence electrons. The molecule has 0 amide bonds. The van der Waals surface area contributed by atoms with Crippen molar-refractivity contribution < 1.29 is 17.9 Å². The van der Waals surface area contributed by atoms with Crippen LogP contribution in [0.4, 0.5) is 13.2 Å². The summed E-state index contributed by atoms with van der Waals surface area (Å²) >= 11 is 0. The lowest BCUT2D eigenvalue weighted by Gasteiger charge is -2.11. The van der Waals surface area contributed by atoms with Gasteiger partial charge >= 0.3 is 6.18 Å². The van der Waals surface area contributed by atoms with E-state index in [0.717, 1.165) is 5.56 Å². The molecule has 0 atom stereocenters. The maximum absolute atomic E-state index is 11.8. The number of alkyl halides is 3. The highest BCUT2D eigenvalue weighted by molar-refractivity contribution is 5.32. The standard InChI is InChI=1S/C10H10F3O/c1-2-8-5-3-4-6-9(8)14-7-10(11,12)13/h4-6H,2,7H2,1H3. The van der Waals surface area contributed by atoms with E-state index in [4.69, 9.17) is 0 Å². The van der Waals surface area contributed by atoms with Gasteiger partial charge in [0.2, 0.25) is 0 Å². The number of hydrogen-bond acceptors (Lipinski definition) is 1. The van der Waals surface area contributed by atoms with Crippen LogP contribution >= 0.6 is 0 Å². The largest absolute Gasteiger partial charge is 0.484 e. The van der Waals surface area contributed by atoms with Gasteiger partial charge in [0.05, 0.1) is 0 Å². The van der Waals surface area contributed by atoms with E-state index in [1.165, 1.54) is 12.1 Å². The van der Waals surface area contributed by atoms with Crippen molar-refractivity contribution in [3.05, 3.63) is 29.8 Å². The Morgan fingerprint density at radius 1 is 1.43 bits per heavy atom. The van der Waals surface area contributed by atoms with Crippen molar-refractivity contribution in [2.75, 3.05) is 6.61 Å². The topological polar surface area (TPSA) is 9.23 Å². The highest BCUT2D eigenvalue weighted by atomic mass is 19.4. The zero-order chi connectivity index (χ0) is 10.6. The van der Waals surface area contributed by atoms with E-state index in [1.807, 2.05) is 6.92 Å². The molecule has 0 aliphatic rings. The van der Waals surface area contributed by atoms with Crippen molar-refractivity contribution in [3.8, 4) is 5.75 Å². The van der Waals surface area contributed by atoms with E-state index >= 15 is 0 Å². The van der Waals surface area contributed by atoms with Gasteiger partial charge in [-0.1, -0.05) is 13.0 Å². The van der Waals surface area contributed by atoms with Crippen LogP contribution in [0.5, 0.6) is 5.75 Å². The summed E-state index contributed by atoms with van der Waals surface area (Å²) < 4.78 is 40.2. The smallest absolute Gasteiger partial charge is 0.422 e. The Labute approximate surface area is 80.5 Å². The Hall–Kier alpha value is -1.19. The maximum atomic E-state index is 11.8. The summed E-state index contributed by atoms with van der Waals surface area (Å²) in [6.07, 6.45) is -3.66. The van der Waals surface area contributed by atoms with Crippen LogP contribution in [0, 0.1) is 6.07 Å². The van der Waals surface area contributed by atoms with Gasteiger partial charge in [-0.15, -0.1) is 0 Å². The van der Waals surface area contributed by atoms with E-state index in [1.54, 1.807) is 6.07 Å². The number of ether oxygens (including phenoxy) is 1. The Morgan fingerprint density at radius 3 is 2.71 bits per heavy atom. The molecule has 1 rings (SSSR count). The quantitative estimate of drug-likeness (QED) is 0.733. The van der Waals surface area contributed by atoms with Gasteiger partial charge in [-0.3, -0.25) is 0 Å². The molecule has 0 N–H and O–H groups in total. The molecule has 0 saturated carbocycles. The fourth-order valence-electron chi connectivity index (χ4n) is 1.03. The minimum Gasteiger partial charge on any atom is -0.484 e. The summed E-state index contributed by atoms with van der Waals surface area (Å²) in [5.41, 5.74) is 0.733. The van der Waals surface area contributed by atoms with Crippen molar-refractivity contribution in [1.29, 1.82) is 0 Å². The van der Waals surface area contributed by atoms with Crippen molar-refractivity contribution in [2.24, 2.45) is 0 Å². The summed E-state index contributed by atoms with van der Waals surface area (Å²) in [6.45, 7) is 0.605. The molecule has 1 nitrogen and oxygen atoms in total. The zero-order valence-corrected chi connectivity index (χ0v) is 7.69. The van der Waals surface area contributed by atoms with Gasteiger partial charge in [0.25, 0.3) is 0 Å². The Bertz CT molecular complexity index is 294. The molecule has 1 aromatic rings. The zero-order valence-electron chi connectivity index (χ0n) is 7.69. The van der Waals surface area contributed by atoms with Crippen LogP contribution in [0.1, 0.15) is 12.5 Å². The third-order valence-corrected chi connectivity index (χ3v) is 1.68. The molecule has 0 bridgehead atoms. The third-order valence-electron chi connectivity index (χ3n) is 1.68. The lowest BCUT2D eigenvalue weighted by molar-refractivity contribution is -0.153. The fraction of sp³-hybridized carbons (Fsp3) is 0.400. The maximum Gasteiger partial charge on any atom is 0.422 e. The Kier molecular flexibility index (Phi) is 3.38. The van der Waals surface area contributed by atoms with Crippen LogP contribution < -0.4 is 4.74 Å². The highest BCUT2D eigenvalue weighted by Crippen LogP contribution is 2.21. The number of aryl methyl sites for hydroxylation is 1. The third kappa shape index (κ3) is 3.28. The van der Waals surface area contributed by atoms with Crippen molar-refractivity contribution in [2.45, 2.75) is 19.5 Å². The Morgan fingerprint density at radius 2 is 2.14 bits per heavy atom. The number of benzene rings is 1. The highest BCUT2D eigenvalue weighted by Gasteiger charge is 2.28. The minimum absolute atomic E-state index is 0.281. The molecule has 1 aromatic carbocycles. The van der Waals surface area contributed by atoms with Crippen LogP contribution in [0.25, 0.3) is 0 Å². The molecular weight excluding hydrogens is 193 g/mol. The van der Waals surface area contributed by atoms with E-state index < -0.39 is 12.8 Å². The van der Waals surface area contributed by atoms with Crippen molar-refractivity contribution in [1.82, 2.24) is 0 Å². The fourth-order valence-corrected chi connectivity index (χ4v) is 1.03. The molecule has 0 fully saturated rings. The second-order valence-electron chi connectivity index (χ2n) is 2.79. The predicted octanol–water partition coefficient (Wildman–Crippen LogP) is 2.99. The van der Waals surface area contributed by atoms with Crippen molar-refractivity contribution in [3.63, 3.8) is 0 Å². The average Bonchev–Trinajstić information content (AvgIpc) is 2.14. The number of rotatable bonds is 3. The predicted molar refractivity (Wildman–Crippen MR) is 46.2 cm³/mol. The first-order chi connectivity index (χ1) is 6.53. The number of halogens is 3. The van der Waals surface area contributed by atoms with E-state index in [0.29, 0.717) is 6.42 Å². The number of hydrogen-bond donors (Lipinski definition) is 0. The summed E-state index contributed by atoms with van der Waals surface area (Å²) in [6, 6.07) is 7.44. The lowest BCUT2D eigenvalue weighted by Crippen LogP contribution is -2.19. The van der Waals surface area contributed by atoms with Gasteiger partial charge in [0.1, 0.15) is 5.75 Å². The molecule has 0 unspecified atom stereocenters. The molecule has 0 spiro atoms. The molecule has 14 heavy (non-hydrogen) atoms. The van der Waals surface area contributed by atoms with Crippen LogP contribution in [0.15, 0.2) is 18.2 Å². The second kappa shape index (κ2) is 4.35. The van der Waals surface area contributed by atoms with Gasteiger partial charge in [0, 0.05) is 0 Å². The van der Waals surface area contributed by atoms with E-state index in [2.05, 4.69) is 10.8 Å². The molecule has 0 heterocycles. The summed E-state index contributed by atoms with van der Waals surface area (Å²) in [5.74, 6) is 0.281. The van der Waals surface area contributed by atoms with Gasteiger partial charge in [0.15, 0.2) is 6.61 Å². The lowest BCUT2D eigenvalue weighted by atomic mass is 10.1. The van der Waals surface area contributed by atoms with Gasteiger partial charge in [-0.05, 0) is 30.2 Å². The SMILES string of the molecule is CCc1c[c]ccc1OCC(F)(F)F. The van der Waals surface area contributed by atoms with Gasteiger partial charge < -0.3 is 4.74 Å². The Balaban J connectivity index is 2.67. The first kappa shape index (κ1) is 10.9. The summed E-state index contributed by atoms with van der Waals surface area (Å²) in [7, 11) is 0. The van der Waals surface area contributed by atoms with Crippen LogP contribution in [-0.2, 0) is 6.42 Å². The summed E-state index contributed by atoms with van der Waals surface area (Å²) in [4.78, 5) is 0. The van der Waals surface area contributed by atoms with Crippen LogP contribution in [0.3, 0.4) is 0 Å². The minimum atomic E-state index is -4.29.